The third kappa shape index (κ3) is 9.43. The lowest BCUT2D eigenvalue weighted by Gasteiger charge is -2.36. The van der Waals surface area contributed by atoms with Gasteiger partial charge >= 0.3 is 0 Å². The van der Waals surface area contributed by atoms with Crippen LogP contribution in [0.1, 0.15) is 45.4 Å². The summed E-state index contributed by atoms with van der Waals surface area (Å²) in [5.74, 6) is 0.699. The van der Waals surface area contributed by atoms with E-state index in [4.69, 9.17) is 5.73 Å². The maximum Gasteiger partial charge on any atom is 0.220 e. The molecule has 2 fully saturated rings. The van der Waals surface area contributed by atoms with Gasteiger partial charge in [0.15, 0.2) is 0 Å². The van der Waals surface area contributed by atoms with E-state index in [9.17, 15) is 4.79 Å². The van der Waals surface area contributed by atoms with Crippen LogP contribution in [0.2, 0.25) is 0 Å². The molecule has 1 heterocycles. The highest BCUT2D eigenvalue weighted by Gasteiger charge is 2.32. The molecule has 0 aromatic heterocycles. The predicted molar refractivity (Wildman–Crippen MR) is 117 cm³/mol. The number of likely N-dealkylation sites (N-methyl/N-ethyl adjacent to an activating group) is 1. The van der Waals surface area contributed by atoms with Gasteiger partial charge in [0.2, 0.25) is 5.91 Å². The molecule has 26 heavy (non-hydrogen) atoms. The first-order chi connectivity index (χ1) is 11.0. The van der Waals surface area contributed by atoms with Gasteiger partial charge in [-0.05, 0) is 37.8 Å². The van der Waals surface area contributed by atoms with Crippen LogP contribution in [-0.4, -0.2) is 68.6 Å². The minimum Gasteiger partial charge on any atom is -0.356 e. The Morgan fingerprint density at radius 1 is 1.08 bits per heavy atom. The number of halogens is 3. The van der Waals surface area contributed by atoms with E-state index in [1.165, 1.54) is 19.3 Å². The third-order valence-corrected chi connectivity index (χ3v) is 5.70. The molecule has 1 saturated heterocycles. The van der Waals surface area contributed by atoms with Crippen molar-refractivity contribution in [2.75, 3.05) is 52.9 Å². The summed E-state index contributed by atoms with van der Waals surface area (Å²) in [7, 11) is 2.18. The molecule has 158 valence electrons. The predicted octanol–water partition coefficient (Wildman–Crippen LogP) is 2.55. The molecule has 3 N–H and O–H groups in total. The molecule has 0 bridgehead atoms. The number of hydrogen-bond acceptors (Lipinski definition) is 4. The van der Waals surface area contributed by atoms with E-state index in [2.05, 4.69) is 29.1 Å². The van der Waals surface area contributed by atoms with E-state index in [0.717, 1.165) is 52.1 Å². The van der Waals surface area contributed by atoms with Crippen molar-refractivity contribution in [3.05, 3.63) is 0 Å². The molecule has 1 saturated carbocycles. The van der Waals surface area contributed by atoms with E-state index in [-0.39, 0.29) is 48.5 Å². The molecule has 0 aromatic carbocycles. The Balaban J connectivity index is 0. The molecular formula is C18H39Cl3N4O. The molecule has 1 aliphatic heterocycles. The standard InChI is InChI=1S/C18H36N4O.3ClH/c1-16(14-22-10-8-21(2)9-11-22)13-20-17(23)12-18(15-19)6-4-3-5-7-18;;;/h16H,3-15,19H2,1-2H3,(H,20,23);3*1H. The van der Waals surface area contributed by atoms with Crippen LogP contribution >= 0.6 is 37.2 Å². The molecular weight excluding hydrogens is 395 g/mol. The zero-order valence-electron chi connectivity index (χ0n) is 16.4. The van der Waals surface area contributed by atoms with Crippen LogP contribution in [0.25, 0.3) is 0 Å². The van der Waals surface area contributed by atoms with Gasteiger partial charge in [-0.25, -0.2) is 0 Å². The smallest absolute Gasteiger partial charge is 0.220 e. The molecule has 0 spiro atoms. The highest BCUT2D eigenvalue weighted by Crippen LogP contribution is 2.38. The highest BCUT2D eigenvalue weighted by atomic mass is 35.5. The molecule has 0 radical (unpaired) electrons. The topological polar surface area (TPSA) is 61.6 Å². The van der Waals surface area contributed by atoms with Gasteiger partial charge < -0.3 is 20.9 Å². The number of hydrogen-bond donors (Lipinski definition) is 2. The number of amides is 1. The maximum absolute atomic E-state index is 12.3. The Kier molecular flexibility index (Phi) is 15.6. The average Bonchev–Trinajstić information content (AvgIpc) is 2.56. The summed E-state index contributed by atoms with van der Waals surface area (Å²) in [5, 5.41) is 3.16. The maximum atomic E-state index is 12.3. The normalized spacial score (nSPS) is 21.5. The fraction of sp³-hybridized carbons (Fsp3) is 0.944. The van der Waals surface area contributed by atoms with E-state index < -0.39 is 0 Å². The fourth-order valence-corrected chi connectivity index (χ4v) is 3.98. The van der Waals surface area contributed by atoms with Crippen LogP contribution in [0.4, 0.5) is 0 Å². The first-order valence-electron chi connectivity index (χ1n) is 9.41. The second-order valence-corrected chi connectivity index (χ2v) is 7.95. The van der Waals surface area contributed by atoms with Crippen LogP contribution in [0.3, 0.4) is 0 Å². The number of rotatable bonds is 7. The van der Waals surface area contributed by atoms with E-state index in [1.807, 2.05) is 0 Å². The number of piperazine rings is 1. The van der Waals surface area contributed by atoms with Gasteiger partial charge in [0.05, 0.1) is 0 Å². The van der Waals surface area contributed by atoms with E-state index in [1.54, 1.807) is 0 Å². The number of carbonyl (C=O) groups is 1. The minimum absolute atomic E-state index is 0. The lowest BCUT2D eigenvalue weighted by molar-refractivity contribution is -0.124. The Morgan fingerprint density at radius 3 is 2.19 bits per heavy atom. The minimum atomic E-state index is 0. The first kappa shape index (κ1) is 28.4. The third-order valence-electron chi connectivity index (χ3n) is 5.70. The van der Waals surface area contributed by atoms with Crippen molar-refractivity contribution in [2.24, 2.45) is 17.1 Å². The second kappa shape index (κ2) is 14.3. The summed E-state index contributed by atoms with van der Waals surface area (Å²) in [6.45, 7) is 9.34. The number of nitrogens with one attached hydrogen (secondary N) is 1. The average molecular weight is 434 g/mol. The Hall–Kier alpha value is 0.220. The molecule has 1 amide bonds. The van der Waals surface area contributed by atoms with E-state index in [0.29, 0.717) is 18.9 Å². The number of carbonyl (C=O) groups excluding carboxylic acids is 1. The zero-order valence-corrected chi connectivity index (χ0v) is 18.8. The van der Waals surface area contributed by atoms with Gasteiger partial charge in [0.1, 0.15) is 0 Å². The monoisotopic (exact) mass is 432 g/mol. The molecule has 1 unspecified atom stereocenters. The molecule has 8 heteroatoms. The van der Waals surface area contributed by atoms with E-state index >= 15 is 0 Å². The quantitative estimate of drug-likeness (QED) is 0.647. The number of nitrogens with zero attached hydrogens (tertiary/aromatic N) is 2. The van der Waals surface area contributed by atoms with Crippen molar-refractivity contribution in [1.82, 2.24) is 15.1 Å². The number of nitrogens with two attached hydrogens (primary N) is 1. The summed E-state index contributed by atoms with van der Waals surface area (Å²) in [6.07, 6.45) is 6.60. The van der Waals surface area contributed by atoms with Crippen molar-refractivity contribution < 1.29 is 4.79 Å². The summed E-state index contributed by atoms with van der Waals surface area (Å²) < 4.78 is 0. The van der Waals surface area contributed by atoms with Crippen LogP contribution in [0, 0.1) is 11.3 Å². The van der Waals surface area contributed by atoms with Crippen LogP contribution < -0.4 is 11.1 Å². The molecule has 5 nitrogen and oxygen atoms in total. The van der Waals surface area contributed by atoms with Crippen molar-refractivity contribution in [1.29, 1.82) is 0 Å². The van der Waals surface area contributed by atoms with Gasteiger partial charge in [-0.1, -0.05) is 26.2 Å². The summed E-state index contributed by atoms with van der Waals surface area (Å²) >= 11 is 0. The first-order valence-corrected chi connectivity index (χ1v) is 9.41. The summed E-state index contributed by atoms with van der Waals surface area (Å²) in [6, 6.07) is 0. The van der Waals surface area contributed by atoms with Gasteiger partial charge in [-0.3, -0.25) is 4.79 Å². The Labute approximate surface area is 178 Å². The van der Waals surface area contributed by atoms with Gasteiger partial charge in [-0.2, -0.15) is 0 Å². The largest absolute Gasteiger partial charge is 0.356 e. The Bertz CT molecular complexity index is 373. The van der Waals surface area contributed by atoms with Crippen LogP contribution in [0.15, 0.2) is 0 Å². The summed E-state index contributed by atoms with van der Waals surface area (Å²) in [5.41, 5.74) is 6.06. The second-order valence-electron chi connectivity index (χ2n) is 7.95. The van der Waals surface area contributed by atoms with Gasteiger partial charge in [0, 0.05) is 45.7 Å². The fourth-order valence-electron chi connectivity index (χ4n) is 3.98. The summed E-state index contributed by atoms with van der Waals surface area (Å²) in [4.78, 5) is 17.2. The molecule has 0 aromatic rings. The SMILES string of the molecule is CC(CNC(=O)CC1(CN)CCCCC1)CN1CCN(C)CC1.Cl.Cl.Cl. The molecule has 2 rings (SSSR count). The van der Waals surface area contributed by atoms with Crippen molar-refractivity contribution in [3.63, 3.8) is 0 Å². The molecule has 1 aliphatic carbocycles. The van der Waals surface area contributed by atoms with Crippen LogP contribution in [-0.2, 0) is 4.79 Å². The van der Waals surface area contributed by atoms with Gasteiger partial charge in [0.25, 0.3) is 0 Å². The van der Waals surface area contributed by atoms with Crippen molar-refractivity contribution in [3.8, 4) is 0 Å². The van der Waals surface area contributed by atoms with Crippen LogP contribution in [0.5, 0.6) is 0 Å². The van der Waals surface area contributed by atoms with Crippen molar-refractivity contribution >= 4 is 43.1 Å². The molecule has 2 aliphatic rings. The lowest BCUT2D eigenvalue weighted by Crippen LogP contribution is -2.47. The van der Waals surface area contributed by atoms with Gasteiger partial charge in [-0.15, -0.1) is 37.2 Å². The highest BCUT2D eigenvalue weighted by molar-refractivity contribution is 5.86. The molecule has 1 atom stereocenters. The zero-order chi connectivity index (χ0) is 16.7. The van der Waals surface area contributed by atoms with Crippen molar-refractivity contribution in [2.45, 2.75) is 45.4 Å². The lowest BCUT2D eigenvalue weighted by atomic mass is 9.71. The Morgan fingerprint density at radius 2 is 1.65 bits per heavy atom.